The topological polar surface area (TPSA) is 51.8 Å². The Labute approximate surface area is 70.6 Å². The number of halogens is 3. The quantitative estimate of drug-likeness (QED) is 0.771. The van der Waals surface area contributed by atoms with Gasteiger partial charge in [0.1, 0.15) is 5.01 Å². The molecule has 1 rings (SSSR count). The van der Waals surface area contributed by atoms with Crippen molar-refractivity contribution in [1.82, 2.24) is 9.36 Å². The maximum absolute atomic E-state index is 11.9. The molecule has 1 aromatic rings. The van der Waals surface area contributed by atoms with Gasteiger partial charge in [0, 0.05) is 6.42 Å². The molecule has 0 spiro atoms. The molecular weight excluding hydrogens is 191 g/mol. The Morgan fingerprint density at radius 2 is 2.08 bits per heavy atom. The summed E-state index contributed by atoms with van der Waals surface area (Å²) in [7, 11) is 0. The summed E-state index contributed by atoms with van der Waals surface area (Å²) in [5, 5.41) is 0.324. The van der Waals surface area contributed by atoms with Gasteiger partial charge in [-0.2, -0.15) is 17.5 Å². The lowest BCUT2D eigenvalue weighted by Gasteiger charge is -1.97. The van der Waals surface area contributed by atoms with Crippen LogP contribution in [0.1, 0.15) is 10.8 Å². The minimum Gasteiger partial charge on any atom is -0.330 e. The predicted octanol–water partition coefficient (Wildman–Crippen LogP) is 1.06. The third-order valence-electron chi connectivity index (χ3n) is 1.08. The van der Waals surface area contributed by atoms with Crippen LogP contribution in [0.25, 0.3) is 0 Å². The molecule has 0 bridgehead atoms. The second kappa shape index (κ2) is 3.36. The molecule has 0 radical (unpaired) electrons. The van der Waals surface area contributed by atoms with Gasteiger partial charge in [-0.15, -0.1) is 0 Å². The van der Waals surface area contributed by atoms with E-state index in [1.165, 1.54) is 0 Å². The lowest BCUT2D eigenvalue weighted by Crippen LogP contribution is -2.08. The minimum absolute atomic E-state index is 0.284. The fourth-order valence-corrected chi connectivity index (χ4v) is 1.27. The molecule has 0 saturated carbocycles. The van der Waals surface area contributed by atoms with Crippen molar-refractivity contribution < 1.29 is 13.2 Å². The van der Waals surface area contributed by atoms with Gasteiger partial charge in [-0.05, 0) is 18.1 Å². The summed E-state index contributed by atoms with van der Waals surface area (Å²) < 4.78 is 38.8. The normalized spacial score (nSPS) is 12.0. The largest absolute Gasteiger partial charge is 0.452 e. The Morgan fingerprint density at radius 3 is 2.50 bits per heavy atom. The summed E-state index contributed by atoms with van der Waals surface area (Å²) in [6.07, 6.45) is -4.10. The second-order valence-corrected chi connectivity index (χ2v) is 2.88. The Balaban J connectivity index is 2.77. The number of hydrogen-bond donors (Lipinski definition) is 1. The first kappa shape index (κ1) is 9.40. The Kier molecular flexibility index (Phi) is 2.63. The van der Waals surface area contributed by atoms with Gasteiger partial charge in [0.05, 0.1) is 0 Å². The van der Waals surface area contributed by atoms with Gasteiger partial charge in [-0.3, -0.25) is 0 Å². The summed E-state index contributed by atoms with van der Waals surface area (Å²) in [6.45, 7) is 0.284. The van der Waals surface area contributed by atoms with E-state index in [2.05, 4.69) is 9.36 Å². The van der Waals surface area contributed by atoms with Crippen molar-refractivity contribution >= 4 is 11.5 Å². The highest BCUT2D eigenvalue weighted by atomic mass is 32.1. The van der Waals surface area contributed by atoms with Crippen LogP contribution < -0.4 is 5.73 Å². The molecule has 0 amide bonds. The number of alkyl halides is 3. The van der Waals surface area contributed by atoms with E-state index in [9.17, 15) is 13.2 Å². The molecule has 0 aliphatic heterocycles. The van der Waals surface area contributed by atoms with Crippen LogP contribution >= 0.6 is 11.5 Å². The van der Waals surface area contributed by atoms with Gasteiger partial charge in [0.25, 0.3) is 0 Å². The maximum atomic E-state index is 11.9. The third kappa shape index (κ3) is 2.15. The highest BCUT2D eigenvalue weighted by Gasteiger charge is 2.35. The van der Waals surface area contributed by atoms with Crippen LogP contribution in [0, 0.1) is 0 Å². The molecule has 7 heteroatoms. The van der Waals surface area contributed by atoms with Gasteiger partial charge in [0.15, 0.2) is 0 Å². The summed E-state index contributed by atoms with van der Waals surface area (Å²) in [5.41, 5.74) is 5.14. The Hall–Kier alpha value is -0.690. The predicted molar refractivity (Wildman–Crippen MR) is 37.7 cm³/mol. The zero-order valence-corrected chi connectivity index (χ0v) is 6.74. The smallest absolute Gasteiger partial charge is 0.330 e. The monoisotopic (exact) mass is 197 g/mol. The lowest BCUT2D eigenvalue weighted by atomic mass is 10.4. The molecule has 0 aromatic carbocycles. The average Bonchev–Trinajstić information content (AvgIpc) is 2.35. The Bertz CT molecular complexity index is 257. The lowest BCUT2D eigenvalue weighted by molar-refractivity contribution is -0.144. The van der Waals surface area contributed by atoms with E-state index < -0.39 is 12.0 Å². The molecule has 0 aliphatic rings. The van der Waals surface area contributed by atoms with E-state index in [1.807, 2.05) is 0 Å². The summed E-state index contributed by atoms with van der Waals surface area (Å²) in [4.78, 5) is 3.27. The number of nitrogens with zero attached hydrogens (tertiary/aromatic N) is 2. The third-order valence-corrected chi connectivity index (χ3v) is 1.85. The van der Waals surface area contributed by atoms with Crippen LogP contribution in [-0.2, 0) is 12.6 Å². The van der Waals surface area contributed by atoms with Crippen molar-refractivity contribution in [3.05, 3.63) is 10.8 Å². The number of rotatable bonds is 2. The highest BCUT2D eigenvalue weighted by molar-refractivity contribution is 7.05. The fraction of sp³-hybridized carbons (Fsp3) is 0.600. The molecule has 0 unspecified atom stereocenters. The van der Waals surface area contributed by atoms with E-state index in [4.69, 9.17) is 5.73 Å². The van der Waals surface area contributed by atoms with Crippen LogP contribution in [0.3, 0.4) is 0 Å². The van der Waals surface area contributed by atoms with Gasteiger partial charge >= 0.3 is 6.18 Å². The van der Waals surface area contributed by atoms with Gasteiger partial charge in [0.2, 0.25) is 5.82 Å². The maximum Gasteiger partial charge on any atom is 0.452 e. The van der Waals surface area contributed by atoms with E-state index >= 15 is 0 Å². The van der Waals surface area contributed by atoms with Crippen LogP contribution in [0.2, 0.25) is 0 Å². The number of aromatic nitrogens is 2. The second-order valence-electron chi connectivity index (χ2n) is 2.05. The van der Waals surface area contributed by atoms with Crippen LogP contribution in [0.5, 0.6) is 0 Å². The van der Waals surface area contributed by atoms with Crippen molar-refractivity contribution in [3.63, 3.8) is 0 Å². The van der Waals surface area contributed by atoms with E-state index in [1.54, 1.807) is 0 Å². The summed E-state index contributed by atoms with van der Waals surface area (Å²) in [6, 6.07) is 0. The molecule has 0 fully saturated rings. The van der Waals surface area contributed by atoms with Crippen molar-refractivity contribution in [2.45, 2.75) is 12.6 Å². The van der Waals surface area contributed by atoms with Crippen molar-refractivity contribution in [1.29, 1.82) is 0 Å². The van der Waals surface area contributed by atoms with Crippen LogP contribution in [-0.4, -0.2) is 15.9 Å². The fourth-order valence-electron chi connectivity index (χ4n) is 0.595. The SMILES string of the molecule is NCCc1nc(C(F)(F)F)ns1. The zero-order chi connectivity index (χ0) is 9.19. The molecule has 1 heterocycles. The number of hydrogen-bond acceptors (Lipinski definition) is 4. The first-order chi connectivity index (χ1) is 5.54. The van der Waals surface area contributed by atoms with Crippen molar-refractivity contribution in [3.8, 4) is 0 Å². The molecule has 68 valence electrons. The first-order valence-electron chi connectivity index (χ1n) is 3.14. The average molecular weight is 197 g/mol. The molecule has 12 heavy (non-hydrogen) atoms. The van der Waals surface area contributed by atoms with E-state index in [0.717, 1.165) is 11.5 Å². The summed E-state index contributed by atoms with van der Waals surface area (Å²) in [5.74, 6) is -1.07. The van der Waals surface area contributed by atoms with Gasteiger partial charge in [-0.1, -0.05) is 0 Å². The Morgan fingerprint density at radius 1 is 1.42 bits per heavy atom. The van der Waals surface area contributed by atoms with E-state index in [0.29, 0.717) is 11.4 Å². The van der Waals surface area contributed by atoms with Gasteiger partial charge in [-0.25, -0.2) is 4.98 Å². The molecule has 0 aliphatic carbocycles. The van der Waals surface area contributed by atoms with Crippen molar-refractivity contribution in [2.24, 2.45) is 5.73 Å². The highest BCUT2D eigenvalue weighted by Crippen LogP contribution is 2.27. The van der Waals surface area contributed by atoms with Crippen LogP contribution in [0.15, 0.2) is 0 Å². The molecular formula is C5H6F3N3S. The van der Waals surface area contributed by atoms with Crippen molar-refractivity contribution in [2.75, 3.05) is 6.54 Å². The van der Waals surface area contributed by atoms with Crippen LogP contribution in [0.4, 0.5) is 13.2 Å². The molecule has 3 nitrogen and oxygen atoms in total. The first-order valence-corrected chi connectivity index (χ1v) is 3.91. The summed E-state index contributed by atoms with van der Waals surface area (Å²) >= 11 is 0.740. The number of nitrogens with two attached hydrogens (primary N) is 1. The zero-order valence-electron chi connectivity index (χ0n) is 5.93. The molecule has 0 saturated heterocycles. The minimum atomic E-state index is -4.44. The van der Waals surface area contributed by atoms with E-state index in [-0.39, 0.29) is 6.54 Å². The molecule has 1 aromatic heterocycles. The molecule has 0 atom stereocenters. The van der Waals surface area contributed by atoms with Gasteiger partial charge < -0.3 is 5.73 Å². The standard InChI is InChI=1S/C5H6F3N3S/c6-5(7,8)4-10-3(1-2-9)12-11-4/h1-2,9H2. The molecule has 2 N–H and O–H groups in total.